The van der Waals surface area contributed by atoms with Crippen molar-refractivity contribution in [2.75, 3.05) is 18.1 Å². The first kappa shape index (κ1) is 19.5. The first-order valence-corrected chi connectivity index (χ1v) is 10.5. The molecule has 3 aromatic rings. The maximum absolute atomic E-state index is 13.6. The summed E-state index contributed by atoms with van der Waals surface area (Å²) in [7, 11) is 0. The third-order valence-electron chi connectivity index (χ3n) is 6.31. The van der Waals surface area contributed by atoms with Crippen LogP contribution >= 0.6 is 0 Å². The number of ketones is 1. The van der Waals surface area contributed by atoms with Gasteiger partial charge in [0.05, 0.1) is 18.2 Å². The third kappa shape index (κ3) is 3.13. The van der Waals surface area contributed by atoms with E-state index in [0.29, 0.717) is 29.7 Å². The Bertz CT molecular complexity index is 1140. The molecule has 0 aromatic heterocycles. The van der Waals surface area contributed by atoms with E-state index in [2.05, 4.69) is 0 Å². The molecular formula is C26H23NO4. The van der Waals surface area contributed by atoms with Crippen LogP contribution in [-0.4, -0.2) is 29.9 Å². The third-order valence-corrected chi connectivity index (χ3v) is 6.31. The summed E-state index contributed by atoms with van der Waals surface area (Å²) in [4.78, 5) is 28.4. The van der Waals surface area contributed by atoms with Gasteiger partial charge in [-0.1, -0.05) is 60.7 Å². The molecule has 0 unspecified atom stereocenters. The molecule has 0 spiro atoms. The van der Waals surface area contributed by atoms with E-state index >= 15 is 0 Å². The summed E-state index contributed by atoms with van der Waals surface area (Å²) < 4.78 is 5.77. The highest BCUT2D eigenvalue weighted by atomic mass is 16.5. The molecule has 0 bridgehead atoms. The second-order valence-corrected chi connectivity index (χ2v) is 8.01. The maximum Gasteiger partial charge on any atom is 0.264 e. The van der Waals surface area contributed by atoms with Crippen LogP contribution in [-0.2, 0) is 16.8 Å². The zero-order valence-corrected chi connectivity index (χ0v) is 17.0. The van der Waals surface area contributed by atoms with Crippen molar-refractivity contribution in [3.63, 3.8) is 0 Å². The van der Waals surface area contributed by atoms with E-state index in [0.717, 1.165) is 11.3 Å². The number of hydrogen-bond acceptors (Lipinski definition) is 4. The van der Waals surface area contributed by atoms with Crippen LogP contribution in [0.1, 0.15) is 27.9 Å². The zero-order valence-electron chi connectivity index (χ0n) is 17.0. The van der Waals surface area contributed by atoms with Gasteiger partial charge in [0.2, 0.25) is 0 Å². The Hall–Kier alpha value is -3.44. The number of anilines is 1. The minimum atomic E-state index is -1.87. The number of fused-ring (bicyclic) bond motifs is 2. The Kier molecular flexibility index (Phi) is 4.83. The molecule has 5 heteroatoms. The van der Waals surface area contributed by atoms with Gasteiger partial charge in [0, 0.05) is 11.1 Å². The zero-order chi connectivity index (χ0) is 21.4. The number of aryl methyl sites for hydroxylation is 1. The number of aliphatic hydroxyl groups is 1. The van der Waals surface area contributed by atoms with Gasteiger partial charge in [-0.2, -0.15) is 0 Å². The summed E-state index contributed by atoms with van der Waals surface area (Å²) in [6.45, 7) is 0.562. The van der Waals surface area contributed by atoms with E-state index in [1.54, 1.807) is 23.1 Å². The fraction of sp³-hybridized carbons (Fsp3) is 0.231. The first-order chi connectivity index (χ1) is 15.1. The molecule has 2 aliphatic rings. The van der Waals surface area contributed by atoms with Crippen molar-refractivity contribution in [1.29, 1.82) is 0 Å². The van der Waals surface area contributed by atoms with Crippen molar-refractivity contribution < 1.29 is 19.4 Å². The number of nitrogens with zero attached hydrogens (tertiary/aromatic N) is 1. The predicted molar refractivity (Wildman–Crippen MR) is 117 cm³/mol. The Labute approximate surface area is 180 Å². The molecule has 1 heterocycles. The largest absolute Gasteiger partial charge is 0.492 e. The van der Waals surface area contributed by atoms with Crippen LogP contribution in [0.15, 0.2) is 78.9 Å². The maximum atomic E-state index is 13.6. The van der Waals surface area contributed by atoms with Crippen LogP contribution in [0.5, 0.6) is 5.75 Å². The summed E-state index contributed by atoms with van der Waals surface area (Å²) in [5, 5.41) is 11.8. The van der Waals surface area contributed by atoms with Crippen LogP contribution in [0, 0.1) is 5.92 Å². The summed E-state index contributed by atoms with van der Waals surface area (Å²) >= 11 is 0. The van der Waals surface area contributed by atoms with Crippen LogP contribution in [0.3, 0.4) is 0 Å². The second kappa shape index (κ2) is 7.67. The van der Waals surface area contributed by atoms with E-state index < -0.39 is 17.4 Å². The van der Waals surface area contributed by atoms with Crippen molar-refractivity contribution in [1.82, 2.24) is 0 Å². The van der Waals surface area contributed by atoms with Gasteiger partial charge in [0.15, 0.2) is 11.4 Å². The summed E-state index contributed by atoms with van der Waals surface area (Å²) in [5.41, 5.74) is 0.840. The fourth-order valence-corrected chi connectivity index (χ4v) is 4.79. The average molecular weight is 413 g/mol. The highest BCUT2D eigenvalue weighted by molar-refractivity contribution is 6.12. The van der Waals surface area contributed by atoms with E-state index in [9.17, 15) is 14.7 Å². The molecule has 1 N–H and O–H groups in total. The summed E-state index contributed by atoms with van der Waals surface area (Å²) in [6.07, 6.45) is 1.09. The molecule has 5 rings (SSSR count). The van der Waals surface area contributed by atoms with Crippen LogP contribution in [0.4, 0.5) is 5.69 Å². The number of hydrogen-bond donors (Lipinski definition) is 1. The molecule has 5 nitrogen and oxygen atoms in total. The van der Waals surface area contributed by atoms with Gasteiger partial charge < -0.3 is 14.7 Å². The number of ether oxygens (including phenoxy) is 1. The molecular weight excluding hydrogens is 390 g/mol. The van der Waals surface area contributed by atoms with Crippen LogP contribution in [0.25, 0.3) is 0 Å². The molecule has 0 saturated carbocycles. The van der Waals surface area contributed by atoms with Gasteiger partial charge in [0.25, 0.3) is 5.91 Å². The minimum Gasteiger partial charge on any atom is -0.492 e. The smallest absolute Gasteiger partial charge is 0.264 e. The lowest BCUT2D eigenvalue weighted by Gasteiger charge is -2.34. The standard InChI is InChI=1S/C26H23NO4/c28-24-20-11-5-4-8-18(20)14-15-22(24)26(30)21-12-6-7-13-23(21)27(25(26)29)16-17-31-19-9-2-1-3-10-19/h1-13,22,30H,14-17H2/t22-,26+/m0/s1. The van der Waals surface area contributed by atoms with Crippen molar-refractivity contribution in [2.45, 2.75) is 18.4 Å². The van der Waals surface area contributed by atoms with E-state index in [1.807, 2.05) is 60.7 Å². The van der Waals surface area contributed by atoms with Gasteiger partial charge in [-0.3, -0.25) is 9.59 Å². The minimum absolute atomic E-state index is 0.171. The van der Waals surface area contributed by atoms with Gasteiger partial charge >= 0.3 is 0 Å². The Morgan fingerprint density at radius 2 is 1.65 bits per heavy atom. The number of para-hydroxylation sites is 2. The topological polar surface area (TPSA) is 66.8 Å². The molecule has 0 radical (unpaired) electrons. The van der Waals surface area contributed by atoms with Gasteiger partial charge in [0.1, 0.15) is 12.4 Å². The monoisotopic (exact) mass is 413 g/mol. The highest BCUT2D eigenvalue weighted by Gasteiger charge is 2.57. The molecule has 0 fully saturated rings. The van der Waals surface area contributed by atoms with Gasteiger partial charge in [-0.15, -0.1) is 0 Å². The first-order valence-electron chi connectivity index (χ1n) is 10.5. The van der Waals surface area contributed by atoms with Crippen molar-refractivity contribution in [3.8, 4) is 5.75 Å². The molecule has 1 amide bonds. The second-order valence-electron chi connectivity index (χ2n) is 8.01. The number of Topliss-reactive ketones (excluding diaryl/α,β-unsaturated/α-hetero) is 1. The van der Waals surface area contributed by atoms with E-state index in [-0.39, 0.29) is 18.9 Å². The van der Waals surface area contributed by atoms with Gasteiger partial charge in [-0.25, -0.2) is 0 Å². The summed E-state index contributed by atoms with van der Waals surface area (Å²) in [6, 6.07) is 24.0. The lowest BCUT2D eigenvalue weighted by Crippen LogP contribution is -2.50. The quantitative estimate of drug-likeness (QED) is 0.692. The molecule has 2 atom stereocenters. The number of rotatable bonds is 5. The number of carbonyl (C=O) groups is 2. The summed E-state index contributed by atoms with van der Waals surface area (Å²) in [5.74, 6) is -0.717. The Balaban J connectivity index is 1.44. The predicted octanol–water partition coefficient (Wildman–Crippen LogP) is 3.75. The number of carbonyl (C=O) groups excluding carboxylic acids is 2. The average Bonchev–Trinajstić information content (AvgIpc) is 3.03. The Morgan fingerprint density at radius 3 is 2.48 bits per heavy atom. The van der Waals surface area contributed by atoms with Crippen LogP contribution in [0.2, 0.25) is 0 Å². The van der Waals surface area contributed by atoms with E-state index in [4.69, 9.17) is 4.74 Å². The van der Waals surface area contributed by atoms with Crippen molar-refractivity contribution in [3.05, 3.63) is 95.6 Å². The van der Waals surface area contributed by atoms with Crippen LogP contribution < -0.4 is 9.64 Å². The number of benzene rings is 3. The lowest BCUT2D eigenvalue weighted by molar-refractivity contribution is -0.140. The fourth-order valence-electron chi connectivity index (χ4n) is 4.79. The highest BCUT2D eigenvalue weighted by Crippen LogP contribution is 2.48. The molecule has 0 saturated heterocycles. The van der Waals surface area contributed by atoms with Crippen molar-refractivity contribution in [2.24, 2.45) is 5.92 Å². The molecule has 31 heavy (non-hydrogen) atoms. The molecule has 156 valence electrons. The molecule has 1 aliphatic heterocycles. The lowest BCUT2D eigenvalue weighted by atomic mass is 9.71. The van der Waals surface area contributed by atoms with Gasteiger partial charge in [-0.05, 0) is 36.6 Å². The van der Waals surface area contributed by atoms with E-state index in [1.165, 1.54) is 0 Å². The Morgan fingerprint density at radius 1 is 0.935 bits per heavy atom. The SMILES string of the molecule is O=C1c2ccccc2CC[C@@H]1[C@@]1(O)C(=O)N(CCOc2ccccc2)c2ccccc21. The normalized spacial score (nSPS) is 22.2. The number of amides is 1. The van der Waals surface area contributed by atoms with Crippen molar-refractivity contribution >= 4 is 17.4 Å². The molecule has 3 aromatic carbocycles. The molecule has 1 aliphatic carbocycles.